The van der Waals surface area contributed by atoms with Crippen molar-refractivity contribution in [2.24, 2.45) is 0 Å². The molecule has 1 unspecified atom stereocenters. The van der Waals surface area contributed by atoms with Crippen LogP contribution < -0.4 is 5.43 Å². The van der Waals surface area contributed by atoms with Crippen molar-refractivity contribution in [1.29, 1.82) is 5.26 Å². The topological polar surface area (TPSA) is 54.0 Å². The van der Waals surface area contributed by atoms with Gasteiger partial charge < -0.3 is 4.42 Å². The number of nitriles is 1. The van der Waals surface area contributed by atoms with E-state index < -0.39 is 0 Å². The number of hydrogen-bond donors (Lipinski definition) is 0. The molecule has 0 N–H and O–H groups in total. The molecule has 2 heterocycles. The largest absolute Gasteiger partial charge is 0.445 e. The van der Waals surface area contributed by atoms with E-state index in [4.69, 9.17) is 9.68 Å². The first kappa shape index (κ1) is 12.1. The maximum atomic E-state index is 12.4. The summed E-state index contributed by atoms with van der Waals surface area (Å²) < 4.78 is 5.68. The quantitative estimate of drug-likeness (QED) is 0.732. The van der Waals surface area contributed by atoms with Crippen LogP contribution in [-0.2, 0) is 0 Å². The highest BCUT2D eigenvalue weighted by Gasteiger charge is 2.28. The molecule has 1 atom stereocenters. The second-order valence-electron chi connectivity index (χ2n) is 4.50. The first-order valence-corrected chi connectivity index (χ1v) is 6.85. The van der Waals surface area contributed by atoms with Crippen LogP contribution in [0.3, 0.4) is 0 Å². The van der Waals surface area contributed by atoms with Crippen LogP contribution in [0.1, 0.15) is 29.1 Å². The molecule has 2 aromatic rings. The van der Waals surface area contributed by atoms with Gasteiger partial charge in [-0.25, -0.2) is 0 Å². The number of thioether (sulfide) groups is 1. The predicted molar refractivity (Wildman–Crippen MR) is 74.1 cm³/mol. The molecule has 0 radical (unpaired) electrons. The highest BCUT2D eigenvalue weighted by atomic mass is 32.2. The summed E-state index contributed by atoms with van der Waals surface area (Å²) in [5, 5.41) is 9.11. The summed E-state index contributed by atoms with van der Waals surface area (Å²) in [6.07, 6.45) is 0. The average Bonchev–Trinajstić information content (AvgIpc) is 2.42. The minimum atomic E-state index is -0.0766. The van der Waals surface area contributed by atoms with Gasteiger partial charge in [0, 0.05) is 15.7 Å². The molecule has 0 aliphatic carbocycles. The summed E-state index contributed by atoms with van der Waals surface area (Å²) in [5.41, 5.74) is 1.88. The molecule has 0 amide bonds. The van der Waals surface area contributed by atoms with Crippen molar-refractivity contribution >= 4 is 11.8 Å². The average molecular weight is 269 g/mol. The zero-order valence-corrected chi connectivity index (χ0v) is 11.4. The molecule has 1 aliphatic heterocycles. The maximum absolute atomic E-state index is 12.4. The summed E-state index contributed by atoms with van der Waals surface area (Å²) in [4.78, 5) is 13.5. The Balaban J connectivity index is 2.42. The fraction of sp³-hybridized carbons (Fsp3) is 0.200. The zero-order valence-electron chi connectivity index (χ0n) is 10.6. The van der Waals surface area contributed by atoms with Gasteiger partial charge in [-0.15, -0.1) is 11.8 Å². The Labute approximate surface area is 114 Å². The first-order valence-electron chi connectivity index (χ1n) is 5.97. The van der Waals surface area contributed by atoms with Gasteiger partial charge in [-0.05, 0) is 19.9 Å². The lowest BCUT2D eigenvalue weighted by atomic mass is 10.0. The Morgan fingerprint density at radius 2 is 2.11 bits per heavy atom. The van der Waals surface area contributed by atoms with Gasteiger partial charge in [0.2, 0.25) is 5.76 Å². The SMILES string of the molecule is Cc1c(C#N)oc2c(c1=O)C(C)Sc1ccccc1-2. The van der Waals surface area contributed by atoms with E-state index in [2.05, 4.69) is 0 Å². The summed E-state index contributed by atoms with van der Waals surface area (Å²) in [6, 6.07) is 9.75. The Kier molecular flexibility index (Phi) is 2.72. The Bertz CT molecular complexity index is 771. The van der Waals surface area contributed by atoms with E-state index in [9.17, 15) is 4.79 Å². The predicted octanol–water partition coefficient (Wildman–Crippen LogP) is 3.65. The normalized spacial score (nSPS) is 16.4. The molecule has 4 heteroatoms. The fourth-order valence-corrected chi connectivity index (χ4v) is 3.48. The Morgan fingerprint density at radius 3 is 2.84 bits per heavy atom. The van der Waals surface area contributed by atoms with Crippen LogP contribution in [0.2, 0.25) is 0 Å². The molecule has 3 nitrogen and oxygen atoms in total. The van der Waals surface area contributed by atoms with Crippen LogP contribution in [0, 0.1) is 18.3 Å². The third kappa shape index (κ3) is 1.70. The molecule has 0 fully saturated rings. The van der Waals surface area contributed by atoms with Crippen LogP contribution in [0.4, 0.5) is 0 Å². The molecule has 94 valence electrons. The lowest BCUT2D eigenvalue weighted by Crippen LogP contribution is -2.18. The van der Waals surface area contributed by atoms with Gasteiger partial charge in [-0.2, -0.15) is 5.26 Å². The highest BCUT2D eigenvalue weighted by molar-refractivity contribution is 7.99. The van der Waals surface area contributed by atoms with Crippen LogP contribution in [0.5, 0.6) is 0 Å². The molecule has 0 spiro atoms. The molecule has 1 aliphatic rings. The molecule has 0 bridgehead atoms. The van der Waals surface area contributed by atoms with E-state index in [0.29, 0.717) is 16.9 Å². The van der Waals surface area contributed by atoms with E-state index in [1.54, 1.807) is 18.7 Å². The van der Waals surface area contributed by atoms with Gasteiger partial charge in [-0.3, -0.25) is 4.79 Å². The molecular weight excluding hydrogens is 258 g/mol. The fourth-order valence-electron chi connectivity index (χ4n) is 2.32. The lowest BCUT2D eigenvalue weighted by Gasteiger charge is -2.23. The van der Waals surface area contributed by atoms with Crippen molar-refractivity contribution in [3.63, 3.8) is 0 Å². The summed E-state index contributed by atoms with van der Waals surface area (Å²) >= 11 is 1.65. The monoisotopic (exact) mass is 269 g/mol. The molecular formula is C15H11NO2S. The lowest BCUT2D eigenvalue weighted by molar-refractivity contribution is 0.534. The van der Waals surface area contributed by atoms with Crippen molar-refractivity contribution in [2.45, 2.75) is 24.0 Å². The van der Waals surface area contributed by atoms with Gasteiger partial charge >= 0.3 is 0 Å². The minimum absolute atomic E-state index is 0.0348. The molecule has 19 heavy (non-hydrogen) atoms. The smallest absolute Gasteiger partial charge is 0.210 e. The third-order valence-corrected chi connectivity index (χ3v) is 4.52. The molecule has 3 rings (SSSR count). The van der Waals surface area contributed by atoms with Gasteiger partial charge in [0.05, 0.1) is 11.1 Å². The second-order valence-corrected chi connectivity index (χ2v) is 5.88. The van der Waals surface area contributed by atoms with E-state index >= 15 is 0 Å². The number of benzene rings is 1. The van der Waals surface area contributed by atoms with Gasteiger partial charge in [0.25, 0.3) is 0 Å². The molecule has 1 aromatic carbocycles. The van der Waals surface area contributed by atoms with Crippen molar-refractivity contribution in [1.82, 2.24) is 0 Å². The number of hydrogen-bond acceptors (Lipinski definition) is 4. The molecule has 0 saturated carbocycles. The van der Waals surface area contributed by atoms with Crippen LogP contribution in [-0.4, -0.2) is 0 Å². The van der Waals surface area contributed by atoms with Crippen molar-refractivity contribution < 1.29 is 4.42 Å². The number of nitrogens with zero attached hydrogens (tertiary/aromatic N) is 1. The zero-order chi connectivity index (χ0) is 13.6. The van der Waals surface area contributed by atoms with Gasteiger partial charge in [-0.1, -0.05) is 18.2 Å². The van der Waals surface area contributed by atoms with Gasteiger partial charge in [0.15, 0.2) is 5.43 Å². The van der Waals surface area contributed by atoms with Crippen molar-refractivity contribution in [3.05, 3.63) is 51.4 Å². The second kappa shape index (κ2) is 4.29. The van der Waals surface area contributed by atoms with Crippen LogP contribution in [0.15, 0.2) is 38.4 Å². The van der Waals surface area contributed by atoms with Crippen molar-refractivity contribution in [2.75, 3.05) is 0 Å². The minimum Gasteiger partial charge on any atom is -0.445 e. The summed E-state index contributed by atoms with van der Waals surface area (Å²) in [5.74, 6) is 0.659. The third-order valence-electron chi connectivity index (χ3n) is 3.32. The number of rotatable bonds is 0. The summed E-state index contributed by atoms with van der Waals surface area (Å²) in [6.45, 7) is 3.63. The van der Waals surface area contributed by atoms with Crippen LogP contribution in [0.25, 0.3) is 11.3 Å². The van der Waals surface area contributed by atoms with E-state index in [1.165, 1.54) is 0 Å². The summed E-state index contributed by atoms with van der Waals surface area (Å²) in [7, 11) is 0. The highest BCUT2D eigenvalue weighted by Crippen LogP contribution is 2.47. The molecule has 0 saturated heterocycles. The van der Waals surface area contributed by atoms with E-state index in [1.807, 2.05) is 37.3 Å². The van der Waals surface area contributed by atoms with Gasteiger partial charge in [0.1, 0.15) is 11.8 Å². The first-order chi connectivity index (χ1) is 9.13. The Hall–Kier alpha value is -1.99. The number of fused-ring (bicyclic) bond motifs is 3. The van der Waals surface area contributed by atoms with E-state index in [-0.39, 0.29) is 16.4 Å². The van der Waals surface area contributed by atoms with Crippen LogP contribution >= 0.6 is 11.8 Å². The maximum Gasteiger partial charge on any atom is 0.210 e. The van der Waals surface area contributed by atoms with Crippen molar-refractivity contribution in [3.8, 4) is 17.4 Å². The molecule has 1 aromatic heterocycles. The van der Waals surface area contributed by atoms with E-state index in [0.717, 1.165) is 10.5 Å². The Morgan fingerprint density at radius 1 is 1.37 bits per heavy atom. The standard InChI is InChI=1S/C15H11NO2S/c1-8-11(7-16)18-15-10-5-3-4-6-12(10)19-9(2)13(15)14(8)17/h3-6,9H,1-2H3.